The maximum absolute atomic E-state index is 13.8. The van der Waals surface area contributed by atoms with E-state index in [4.69, 9.17) is 161 Å². The van der Waals surface area contributed by atoms with Crippen LogP contribution in [0.15, 0.2) is 170 Å². The van der Waals surface area contributed by atoms with Crippen molar-refractivity contribution in [3.8, 4) is 0 Å². The number of phosphoric ester groups is 8. The van der Waals surface area contributed by atoms with Crippen molar-refractivity contribution < 1.29 is 221 Å². The molecule has 0 aliphatic rings. The second kappa shape index (κ2) is 62.1. The Hall–Kier alpha value is 0.0379. The van der Waals surface area contributed by atoms with E-state index in [1.54, 1.807) is 72.8 Å². The van der Waals surface area contributed by atoms with E-state index in [1.165, 1.54) is 6.92 Å². The Morgan fingerprint density at radius 2 is 0.444 bits per heavy atom. The van der Waals surface area contributed by atoms with Gasteiger partial charge in [-0.25, -0.2) is 85.1 Å². The summed E-state index contributed by atoms with van der Waals surface area (Å²) in [5, 5.41) is 15.4. The molecule has 0 aliphatic carbocycles. The molecular formula is C73H100Cl8Fe4O33P8. The zero-order valence-electron chi connectivity index (χ0n) is 68.0. The first-order valence-electron chi connectivity index (χ1n) is 36.5. The molecule has 718 valence electrons. The summed E-state index contributed by atoms with van der Waals surface area (Å²) in [7, 11) is -40.1. The Bertz CT molecular complexity index is 4520. The molecule has 0 saturated carbocycles. The summed E-state index contributed by atoms with van der Waals surface area (Å²) in [5.74, 6) is 0. The number of aryl methyl sites for hydroxylation is 4. The first kappa shape index (κ1) is 126. The van der Waals surface area contributed by atoms with Crippen molar-refractivity contribution in [2.75, 3.05) is 113 Å². The molecule has 0 spiro atoms. The van der Waals surface area contributed by atoms with E-state index in [0.717, 1.165) is 70.2 Å². The van der Waals surface area contributed by atoms with Gasteiger partial charge in [0.25, 0.3) is 0 Å². The van der Waals surface area contributed by atoms with Gasteiger partial charge >= 0.3 is 131 Å². The molecule has 0 heterocycles. The largest absolute Gasteiger partial charge is 2.00 e. The Kier molecular flexibility index (Phi) is 62.1. The predicted molar refractivity (Wildman–Crippen MR) is 464 cm³/mol. The average Bonchev–Trinajstić information content (AvgIpc) is 1.01. The summed E-state index contributed by atoms with van der Waals surface area (Å²) in [5.41, 5.74) is -4.53. The maximum atomic E-state index is 13.8. The summed E-state index contributed by atoms with van der Waals surface area (Å²) >= 11 is 45.7. The van der Waals surface area contributed by atoms with Crippen LogP contribution in [0.1, 0.15) is 75.6 Å². The molecule has 0 aliphatic heterocycles. The van der Waals surface area contributed by atoms with Gasteiger partial charge in [0.15, 0.2) is 0 Å². The predicted octanol–water partition coefficient (Wildman–Crippen LogP) is 20.9. The SMILES string of the molecule is COP(=O)(O)OCC(C)(COP(=O)(O)OCCCc1ccc(Cl)[cH-]1)COP(=O)(O)OCC(C)(COP(=O)(O)OCCCc1ccc(Cl)[cH-]1)COP(=O)(O)OCC(C)(COP(=O)(O)OCCCc1ccc(Cl)[cH-]1)COP(=O)(O)OCC(C)(CO)COP(=O)(O)OCCCc1ccc(Cl)[cH-]1.Clc1ccc[cH-]1.Clc1ccc[cH-]1.Clc1ccc[cH-]1.Clc1ccc[cH-]1.[Fe+2].[Fe+2].[Fe+2].[Fe+2]. The maximum Gasteiger partial charge on any atom is 2.00 e. The molecule has 0 amide bonds. The molecule has 0 fully saturated rings. The molecule has 33 nitrogen and oxygen atoms in total. The van der Waals surface area contributed by atoms with Crippen LogP contribution in [-0.2, 0) is 203 Å². The normalized spacial score (nSPS) is 17.1. The van der Waals surface area contributed by atoms with Crippen LogP contribution in [-0.4, -0.2) is 157 Å². The molecule has 8 rings (SSSR count). The van der Waals surface area contributed by atoms with Gasteiger partial charge in [-0.3, -0.25) is 72.4 Å². The second-order valence-electron chi connectivity index (χ2n) is 28.2. The Morgan fingerprint density at radius 1 is 0.270 bits per heavy atom. The van der Waals surface area contributed by atoms with Gasteiger partial charge < -0.3 is 44.3 Å². The first-order chi connectivity index (χ1) is 56.9. The standard InChI is InChI=1S/C53H84Cl4O33P8.4C5H4Cl.4Fe/c1-50(30-58,31-81-92(61,62)76-22-6-10-42-14-18-46(54)26-42)32-82-96(69,70)86-38-52(3,35-84-94(65,66)78-24-8-12-44-16-20-48(56)28-44)39-89-98(73,74)90-41-53(4,36-85-95(67,68)79-25-9-13-45-17-21-49(57)29-45)40-88-97(71,72)87-37-51(2,33-80-91(59,60)75-5)34-83-93(63,64)77-23-7-11-43-15-19-47(55)27-43;4*6-5-3-1-2-4-5;;;;/h14-21,26-29,58H,6-13,22-25,30-41H2,1-5H3,(H,59,60)(H,61,62)(H,63,64)(H,65,66)(H,67,68)(H,69,70)(H,71,72)(H,73,74);4*1-4H;;;;/q-4;4*-1;4*+2. The molecule has 0 saturated heterocycles. The van der Waals surface area contributed by atoms with Gasteiger partial charge in [0.2, 0.25) is 0 Å². The van der Waals surface area contributed by atoms with Gasteiger partial charge in [0.05, 0.1) is 106 Å². The van der Waals surface area contributed by atoms with Crippen molar-refractivity contribution in [2.45, 2.75) is 79.1 Å². The molecule has 9 N–H and O–H groups in total. The minimum absolute atomic E-state index is 0. The van der Waals surface area contributed by atoms with Crippen molar-refractivity contribution in [2.24, 2.45) is 21.7 Å². The van der Waals surface area contributed by atoms with Crippen LogP contribution in [0.5, 0.6) is 0 Å². The summed E-state index contributed by atoms with van der Waals surface area (Å²) in [4.78, 5) is 85.2. The number of rotatable bonds is 55. The summed E-state index contributed by atoms with van der Waals surface area (Å²) in [6.45, 7) is -8.71. The number of hydrogen-bond donors (Lipinski definition) is 9. The Morgan fingerprint density at radius 3 is 0.579 bits per heavy atom. The van der Waals surface area contributed by atoms with Crippen LogP contribution in [0.2, 0.25) is 40.2 Å². The van der Waals surface area contributed by atoms with E-state index in [-0.39, 0.29) is 120 Å². The van der Waals surface area contributed by atoms with Gasteiger partial charge in [0.1, 0.15) is 0 Å². The van der Waals surface area contributed by atoms with Crippen LogP contribution in [0.4, 0.5) is 0 Å². The molecule has 8 aromatic carbocycles. The number of phosphoric acid groups is 8. The summed E-state index contributed by atoms with van der Waals surface area (Å²) < 4.78 is 187. The van der Waals surface area contributed by atoms with E-state index in [9.17, 15) is 80.8 Å². The molecule has 8 aromatic rings. The number of halogens is 8. The van der Waals surface area contributed by atoms with Gasteiger partial charge in [-0.2, -0.15) is 144 Å². The fourth-order valence-corrected chi connectivity index (χ4v) is 17.8. The van der Waals surface area contributed by atoms with Gasteiger partial charge in [-0.15, -0.1) is 92.8 Å². The second-order valence-corrected chi connectivity index (χ2v) is 43.5. The average molecular weight is 2260 g/mol. The fourth-order valence-electron chi connectivity index (χ4n) is 9.12. The summed E-state index contributed by atoms with van der Waals surface area (Å²) in [6.07, 6.45) is 2.43. The van der Waals surface area contributed by atoms with E-state index in [0.29, 0.717) is 45.8 Å². The quantitative estimate of drug-likeness (QED) is 0.00740. The third kappa shape index (κ3) is 58.6. The zero-order chi connectivity index (χ0) is 91.0. The van der Waals surface area contributed by atoms with Gasteiger partial charge in [-0.05, 0) is 51.4 Å². The topological polar surface area (TPSA) is 466 Å². The molecule has 0 bridgehead atoms. The van der Waals surface area contributed by atoms with E-state index < -0.39 is 164 Å². The minimum Gasteiger partial charge on any atom is -0.396 e. The van der Waals surface area contributed by atoms with Crippen molar-refractivity contribution in [1.82, 2.24) is 0 Å². The molecular weight excluding hydrogens is 2160 g/mol. The van der Waals surface area contributed by atoms with Crippen LogP contribution in [0.25, 0.3) is 0 Å². The van der Waals surface area contributed by atoms with Crippen molar-refractivity contribution in [3.63, 3.8) is 0 Å². The molecule has 12 unspecified atom stereocenters. The van der Waals surface area contributed by atoms with E-state index >= 15 is 0 Å². The van der Waals surface area contributed by atoms with Crippen molar-refractivity contribution >= 4 is 155 Å². The van der Waals surface area contributed by atoms with Crippen LogP contribution < -0.4 is 0 Å². The monoisotopic (exact) mass is 2260 g/mol. The molecule has 126 heavy (non-hydrogen) atoms. The van der Waals surface area contributed by atoms with Crippen molar-refractivity contribution in [1.29, 1.82) is 0 Å². The third-order valence-corrected chi connectivity index (χ3v) is 25.5. The third-order valence-electron chi connectivity index (χ3n) is 16.0. The minimum atomic E-state index is -5.56. The van der Waals surface area contributed by atoms with Crippen molar-refractivity contribution in [3.05, 3.63) is 232 Å². The zero-order valence-corrected chi connectivity index (χ0v) is 85.6. The van der Waals surface area contributed by atoms with Crippen LogP contribution in [0.3, 0.4) is 0 Å². The molecule has 0 radical (unpaired) electrons. The molecule has 53 heteroatoms. The smallest absolute Gasteiger partial charge is 0.396 e. The van der Waals surface area contributed by atoms with Gasteiger partial charge in [0, 0.05) is 28.8 Å². The van der Waals surface area contributed by atoms with E-state index in [2.05, 4.69) is 4.52 Å². The van der Waals surface area contributed by atoms with Crippen LogP contribution >= 0.6 is 155 Å². The number of hydrogen-bond acceptors (Lipinski definition) is 25. The van der Waals surface area contributed by atoms with Crippen LogP contribution in [0, 0.1) is 21.7 Å². The van der Waals surface area contributed by atoms with E-state index in [1.807, 2.05) is 97.1 Å². The Balaban J connectivity index is 0.00000476. The number of aliphatic hydroxyl groups is 1. The molecule has 12 atom stereocenters. The van der Waals surface area contributed by atoms with Gasteiger partial charge in [-0.1, -0.05) is 67.9 Å². The first-order valence-corrected chi connectivity index (χ1v) is 51.5. The summed E-state index contributed by atoms with van der Waals surface area (Å²) in [6, 6.07) is 50.3. The number of aliphatic hydroxyl groups excluding tert-OH is 1. The Labute approximate surface area is 815 Å². The molecule has 0 aromatic heterocycles. The fraction of sp³-hybridized carbons (Fsp3) is 0.452.